The molecule has 0 aliphatic heterocycles. The number of benzene rings is 2. The number of nitrogens with zero attached hydrogens (tertiary/aromatic N) is 1. The molecular weight excluding hydrogens is 238 g/mol. The number of fused-ring (bicyclic) bond motifs is 2. The van der Waals surface area contributed by atoms with Crippen molar-refractivity contribution in [1.82, 2.24) is 4.98 Å². The van der Waals surface area contributed by atoms with Gasteiger partial charge in [-0.3, -0.25) is 0 Å². The van der Waals surface area contributed by atoms with Crippen molar-refractivity contribution in [2.24, 2.45) is 0 Å². The van der Waals surface area contributed by atoms with E-state index in [4.69, 9.17) is 9.47 Å². The van der Waals surface area contributed by atoms with Gasteiger partial charge in [0.15, 0.2) is 6.29 Å². The van der Waals surface area contributed by atoms with Gasteiger partial charge in [0.2, 0.25) is 0 Å². The maximum absolute atomic E-state index is 5.28. The number of hydrogen-bond donors (Lipinski definition) is 0. The molecule has 1 heterocycles. The summed E-state index contributed by atoms with van der Waals surface area (Å²) < 4.78 is 10.6. The van der Waals surface area contributed by atoms with E-state index in [9.17, 15) is 0 Å². The van der Waals surface area contributed by atoms with E-state index in [2.05, 4.69) is 23.2 Å². The summed E-state index contributed by atoms with van der Waals surface area (Å²) in [6.45, 7) is 0. The first-order chi connectivity index (χ1) is 9.31. The fourth-order valence-electron chi connectivity index (χ4n) is 2.31. The highest BCUT2D eigenvalue weighted by molar-refractivity contribution is 5.92. The van der Waals surface area contributed by atoms with Crippen LogP contribution in [-0.4, -0.2) is 19.2 Å². The zero-order valence-electron chi connectivity index (χ0n) is 11.0. The highest BCUT2D eigenvalue weighted by atomic mass is 16.7. The minimum atomic E-state index is -0.337. The molecule has 0 saturated heterocycles. The van der Waals surface area contributed by atoms with Crippen LogP contribution in [0.15, 0.2) is 48.5 Å². The van der Waals surface area contributed by atoms with Crippen molar-refractivity contribution in [3.8, 4) is 0 Å². The zero-order chi connectivity index (χ0) is 13.2. The maximum Gasteiger partial charge on any atom is 0.183 e. The van der Waals surface area contributed by atoms with Gasteiger partial charge in [0.05, 0.1) is 11.0 Å². The Kier molecular flexibility index (Phi) is 3.15. The van der Waals surface area contributed by atoms with Gasteiger partial charge in [-0.2, -0.15) is 0 Å². The molecular formula is C16H15NO2. The third-order valence-electron chi connectivity index (χ3n) is 3.24. The van der Waals surface area contributed by atoms with Crippen molar-refractivity contribution in [3.63, 3.8) is 0 Å². The van der Waals surface area contributed by atoms with Crippen molar-refractivity contribution in [2.45, 2.75) is 6.29 Å². The second-order valence-electron chi connectivity index (χ2n) is 4.44. The molecule has 0 fully saturated rings. The van der Waals surface area contributed by atoms with E-state index in [1.165, 1.54) is 0 Å². The molecule has 0 N–H and O–H groups in total. The molecule has 0 saturated carbocycles. The molecule has 0 bridgehead atoms. The molecule has 0 amide bonds. The molecule has 3 aromatic rings. The molecule has 3 rings (SSSR count). The standard InChI is InChI=1S/C16H15NO2/c1-18-16(19-2)12-7-8-15-13(10-12)9-11-5-3-4-6-14(11)17-15/h3-10,16H,1-2H3. The van der Waals surface area contributed by atoms with E-state index >= 15 is 0 Å². The largest absolute Gasteiger partial charge is 0.352 e. The lowest BCUT2D eigenvalue weighted by atomic mass is 10.1. The average molecular weight is 253 g/mol. The molecule has 0 unspecified atom stereocenters. The number of aromatic nitrogens is 1. The summed E-state index contributed by atoms with van der Waals surface area (Å²) in [6.07, 6.45) is -0.337. The number of pyridine rings is 1. The lowest BCUT2D eigenvalue weighted by Gasteiger charge is -2.14. The van der Waals surface area contributed by atoms with Crippen LogP contribution < -0.4 is 0 Å². The fraction of sp³-hybridized carbons (Fsp3) is 0.188. The number of hydrogen-bond acceptors (Lipinski definition) is 3. The smallest absolute Gasteiger partial charge is 0.183 e. The molecule has 3 nitrogen and oxygen atoms in total. The highest BCUT2D eigenvalue weighted by Crippen LogP contribution is 2.24. The SMILES string of the molecule is COC(OC)c1ccc2nc3ccccc3cc2c1. The predicted octanol–water partition coefficient (Wildman–Crippen LogP) is 3.68. The molecule has 3 heteroatoms. The van der Waals surface area contributed by atoms with Crippen molar-refractivity contribution in [2.75, 3.05) is 14.2 Å². The number of methoxy groups -OCH3 is 2. The number of ether oxygens (including phenoxy) is 2. The third-order valence-corrected chi connectivity index (χ3v) is 3.24. The van der Waals surface area contributed by atoms with E-state index in [0.29, 0.717) is 0 Å². The molecule has 19 heavy (non-hydrogen) atoms. The molecule has 0 aliphatic rings. The van der Waals surface area contributed by atoms with Gasteiger partial charge < -0.3 is 9.47 Å². The van der Waals surface area contributed by atoms with Crippen molar-refractivity contribution >= 4 is 21.8 Å². The van der Waals surface area contributed by atoms with Crippen molar-refractivity contribution in [1.29, 1.82) is 0 Å². The normalized spacial score (nSPS) is 11.5. The molecule has 0 aliphatic carbocycles. The first-order valence-electron chi connectivity index (χ1n) is 6.17. The molecule has 0 spiro atoms. The van der Waals surface area contributed by atoms with Crippen LogP contribution in [-0.2, 0) is 9.47 Å². The van der Waals surface area contributed by atoms with Crippen molar-refractivity contribution in [3.05, 3.63) is 54.1 Å². The maximum atomic E-state index is 5.28. The Balaban J connectivity index is 2.19. The van der Waals surface area contributed by atoms with Gasteiger partial charge in [0.1, 0.15) is 0 Å². The quantitative estimate of drug-likeness (QED) is 0.527. The van der Waals surface area contributed by atoms with E-state index in [1.54, 1.807) is 14.2 Å². The van der Waals surface area contributed by atoms with Gasteiger partial charge in [-0.05, 0) is 24.3 Å². The van der Waals surface area contributed by atoms with Crippen LogP contribution in [0, 0.1) is 0 Å². The Labute approximate surface area is 111 Å². The molecule has 1 aromatic heterocycles. The van der Waals surface area contributed by atoms with Gasteiger partial charge in [-0.25, -0.2) is 4.98 Å². The van der Waals surface area contributed by atoms with Crippen LogP contribution >= 0.6 is 0 Å². The second-order valence-corrected chi connectivity index (χ2v) is 4.44. The number of para-hydroxylation sites is 1. The second kappa shape index (κ2) is 4.96. The molecule has 2 aromatic carbocycles. The van der Waals surface area contributed by atoms with Gasteiger partial charge in [0, 0.05) is 30.6 Å². The first kappa shape index (κ1) is 12.1. The summed E-state index contributed by atoms with van der Waals surface area (Å²) in [7, 11) is 3.27. The minimum Gasteiger partial charge on any atom is -0.352 e. The van der Waals surface area contributed by atoms with Gasteiger partial charge in [-0.15, -0.1) is 0 Å². The van der Waals surface area contributed by atoms with Crippen molar-refractivity contribution < 1.29 is 9.47 Å². The Morgan fingerprint density at radius 2 is 1.58 bits per heavy atom. The van der Waals surface area contributed by atoms with Crippen LogP contribution in [0.2, 0.25) is 0 Å². The first-order valence-corrected chi connectivity index (χ1v) is 6.17. The molecule has 96 valence electrons. The van der Waals surface area contributed by atoms with Crippen LogP contribution in [0.25, 0.3) is 21.8 Å². The summed E-state index contributed by atoms with van der Waals surface area (Å²) in [4.78, 5) is 4.65. The van der Waals surface area contributed by atoms with E-state index < -0.39 is 0 Å². The van der Waals surface area contributed by atoms with Crippen LogP contribution in [0.4, 0.5) is 0 Å². The molecule has 0 radical (unpaired) electrons. The minimum absolute atomic E-state index is 0.337. The predicted molar refractivity (Wildman–Crippen MR) is 76.0 cm³/mol. The summed E-state index contributed by atoms with van der Waals surface area (Å²) in [6, 6.07) is 16.3. The van der Waals surface area contributed by atoms with Gasteiger partial charge >= 0.3 is 0 Å². The van der Waals surface area contributed by atoms with Crippen LogP contribution in [0.1, 0.15) is 11.9 Å². The Morgan fingerprint density at radius 1 is 0.842 bits per heavy atom. The molecule has 0 atom stereocenters. The Bertz CT molecular complexity index is 720. The monoisotopic (exact) mass is 253 g/mol. The lowest BCUT2D eigenvalue weighted by Crippen LogP contribution is -2.03. The third kappa shape index (κ3) is 2.18. The average Bonchev–Trinajstić information content (AvgIpc) is 2.46. The van der Waals surface area contributed by atoms with Crippen LogP contribution in [0.5, 0.6) is 0 Å². The van der Waals surface area contributed by atoms with E-state index in [-0.39, 0.29) is 6.29 Å². The van der Waals surface area contributed by atoms with E-state index in [0.717, 1.165) is 27.4 Å². The Morgan fingerprint density at radius 3 is 2.37 bits per heavy atom. The van der Waals surface area contributed by atoms with E-state index in [1.807, 2.05) is 30.3 Å². The summed E-state index contributed by atoms with van der Waals surface area (Å²) >= 11 is 0. The fourth-order valence-corrected chi connectivity index (χ4v) is 2.31. The highest BCUT2D eigenvalue weighted by Gasteiger charge is 2.09. The zero-order valence-corrected chi connectivity index (χ0v) is 11.0. The van der Waals surface area contributed by atoms with Crippen LogP contribution in [0.3, 0.4) is 0 Å². The summed E-state index contributed by atoms with van der Waals surface area (Å²) in [5, 5.41) is 2.23. The summed E-state index contributed by atoms with van der Waals surface area (Å²) in [5.41, 5.74) is 2.99. The summed E-state index contributed by atoms with van der Waals surface area (Å²) in [5.74, 6) is 0. The lowest BCUT2D eigenvalue weighted by molar-refractivity contribution is -0.105. The topological polar surface area (TPSA) is 31.4 Å². The van der Waals surface area contributed by atoms with Gasteiger partial charge in [-0.1, -0.05) is 24.3 Å². The Hall–Kier alpha value is -1.97. The number of rotatable bonds is 3. The van der Waals surface area contributed by atoms with Gasteiger partial charge in [0.25, 0.3) is 0 Å².